The lowest BCUT2D eigenvalue weighted by Gasteiger charge is -2.19. The molecule has 0 N–H and O–H groups in total. The van der Waals surface area contributed by atoms with E-state index in [1.54, 1.807) is 17.8 Å². The number of benzene rings is 3. The highest BCUT2D eigenvalue weighted by Gasteiger charge is 2.26. The maximum absolute atomic E-state index is 12.6. The van der Waals surface area contributed by atoms with Crippen molar-refractivity contribution in [3.63, 3.8) is 0 Å². The van der Waals surface area contributed by atoms with Crippen molar-refractivity contribution in [3.8, 4) is 0 Å². The number of rotatable bonds is 3. The van der Waals surface area contributed by atoms with Crippen molar-refractivity contribution in [1.82, 2.24) is 0 Å². The van der Waals surface area contributed by atoms with E-state index in [-0.39, 0.29) is 5.78 Å². The summed E-state index contributed by atoms with van der Waals surface area (Å²) in [6, 6.07) is 22.1. The van der Waals surface area contributed by atoms with Crippen LogP contribution in [0.3, 0.4) is 0 Å². The van der Waals surface area contributed by atoms with Crippen molar-refractivity contribution in [2.45, 2.75) is 11.8 Å². The van der Waals surface area contributed by atoms with Gasteiger partial charge in [-0.2, -0.15) is 0 Å². The summed E-state index contributed by atoms with van der Waals surface area (Å²) < 4.78 is 0. The van der Waals surface area contributed by atoms with E-state index in [1.165, 1.54) is 21.4 Å². The Morgan fingerprint density at radius 3 is 2.54 bits per heavy atom. The quantitative estimate of drug-likeness (QED) is 0.467. The second-order valence-corrected chi connectivity index (χ2v) is 6.75. The summed E-state index contributed by atoms with van der Waals surface area (Å²) in [6.45, 7) is 2.96. The molecule has 3 aromatic carbocycles. The third kappa shape index (κ3) is 2.51. The van der Waals surface area contributed by atoms with Crippen LogP contribution in [0.25, 0.3) is 10.8 Å². The van der Waals surface area contributed by atoms with Crippen molar-refractivity contribution in [3.05, 3.63) is 83.4 Å². The van der Waals surface area contributed by atoms with Gasteiger partial charge in [-0.25, -0.2) is 0 Å². The van der Waals surface area contributed by atoms with E-state index >= 15 is 0 Å². The third-order valence-corrected chi connectivity index (χ3v) is 5.34. The average molecular weight is 331 g/mol. The van der Waals surface area contributed by atoms with Gasteiger partial charge in [0, 0.05) is 28.5 Å². The first-order valence-electron chi connectivity index (χ1n) is 8.06. The summed E-state index contributed by atoms with van der Waals surface area (Å²) in [5, 5.41) is 3.46. The third-order valence-electron chi connectivity index (χ3n) is 4.24. The Kier molecular flexibility index (Phi) is 3.87. The summed E-state index contributed by atoms with van der Waals surface area (Å²) in [6.07, 6.45) is 1.76. The second kappa shape index (κ2) is 6.17. The zero-order valence-corrected chi connectivity index (χ0v) is 14.2. The largest absolute Gasteiger partial charge is 0.335 e. The first-order chi connectivity index (χ1) is 11.8. The van der Waals surface area contributed by atoms with Crippen LogP contribution < -0.4 is 4.90 Å². The van der Waals surface area contributed by atoms with Crippen LogP contribution >= 0.6 is 11.8 Å². The van der Waals surface area contributed by atoms with Crippen LogP contribution in [0, 0.1) is 0 Å². The van der Waals surface area contributed by atoms with Crippen molar-refractivity contribution in [1.29, 1.82) is 0 Å². The number of thioether (sulfide) groups is 1. The van der Waals surface area contributed by atoms with Gasteiger partial charge in [-0.3, -0.25) is 4.79 Å². The van der Waals surface area contributed by atoms with E-state index in [1.807, 2.05) is 30.3 Å². The molecular formula is C21H17NOS. The molecule has 0 radical (unpaired) electrons. The lowest BCUT2D eigenvalue weighted by Crippen LogP contribution is -2.17. The van der Waals surface area contributed by atoms with E-state index < -0.39 is 0 Å². The molecule has 1 aliphatic rings. The number of hydrogen-bond donors (Lipinski definition) is 0. The number of allylic oxidation sites excluding steroid dienone is 1. The van der Waals surface area contributed by atoms with Gasteiger partial charge < -0.3 is 4.90 Å². The number of fused-ring (bicyclic) bond motifs is 3. The number of carbonyl (C=O) groups excluding carboxylic acids is 1. The van der Waals surface area contributed by atoms with Crippen molar-refractivity contribution in [2.75, 3.05) is 11.4 Å². The fourth-order valence-corrected chi connectivity index (χ4v) is 4.27. The molecule has 118 valence electrons. The first-order valence-corrected chi connectivity index (χ1v) is 8.88. The molecule has 2 nitrogen and oxygen atoms in total. The summed E-state index contributed by atoms with van der Waals surface area (Å²) >= 11 is 1.67. The molecule has 0 aromatic heterocycles. The van der Waals surface area contributed by atoms with Gasteiger partial charge in [0.05, 0.1) is 10.7 Å². The first kappa shape index (κ1) is 15.0. The SMILES string of the molecule is CCN1/C(=C\C(=O)c2ccccc2)Sc2ccc3ccccc3c21. The molecule has 0 atom stereocenters. The second-order valence-electron chi connectivity index (χ2n) is 5.69. The van der Waals surface area contributed by atoms with Crippen molar-refractivity contribution >= 4 is 34.0 Å². The molecule has 3 heteroatoms. The van der Waals surface area contributed by atoms with E-state index in [0.717, 1.165) is 17.1 Å². The molecule has 0 fully saturated rings. The Balaban J connectivity index is 1.78. The minimum Gasteiger partial charge on any atom is -0.335 e. The standard InChI is InChI=1S/C21H17NOS/c1-2-22-20(14-18(23)16-9-4-3-5-10-16)24-19-13-12-15-8-6-7-11-17(15)21(19)22/h3-14H,2H2,1H3/b20-14+. The number of anilines is 1. The van der Waals surface area contributed by atoms with Gasteiger partial charge in [-0.15, -0.1) is 0 Å². The molecule has 0 amide bonds. The van der Waals surface area contributed by atoms with Crippen molar-refractivity contribution < 1.29 is 4.79 Å². The molecule has 4 rings (SSSR count). The fourth-order valence-electron chi connectivity index (χ4n) is 3.09. The van der Waals surface area contributed by atoms with Gasteiger partial charge in [0.15, 0.2) is 5.78 Å². The van der Waals surface area contributed by atoms with E-state index in [0.29, 0.717) is 0 Å². The van der Waals surface area contributed by atoms with Crippen LogP contribution in [-0.4, -0.2) is 12.3 Å². The number of hydrogen-bond acceptors (Lipinski definition) is 3. The minimum atomic E-state index is 0.0497. The number of nitrogens with zero attached hydrogens (tertiary/aromatic N) is 1. The Labute approximate surface area is 145 Å². The molecule has 0 bridgehead atoms. The fraction of sp³-hybridized carbons (Fsp3) is 0.0952. The highest BCUT2D eigenvalue weighted by molar-refractivity contribution is 8.03. The van der Waals surface area contributed by atoms with E-state index in [2.05, 4.69) is 48.2 Å². The lowest BCUT2D eigenvalue weighted by molar-refractivity contribution is 0.104. The van der Waals surface area contributed by atoms with Gasteiger partial charge in [0.2, 0.25) is 0 Å². The molecule has 3 aromatic rings. The Morgan fingerprint density at radius 2 is 1.75 bits per heavy atom. The van der Waals surface area contributed by atoms with Crippen LogP contribution in [0.2, 0.25) is 0 Å². The predicted molar refractivity (Wildman–Crippen MR) is 102 cm³/mol. The summed E-state index contributed by atoms with van der Waals surface area (Å²) in [5.41, 5.74) is 1.94. The topological polar surface area (TPSA) is 20.3 Å². The molecule has 24 heavy (non-hydrogen) atoms. The average Bonchev–Trinajstić information content (AvgIpc) is 3.00. The van der Waals surface area contributed by atoms with E-state index in [9.17, 15) is 4.79 Å². The van der Waals surface area contributed by atoms with Gasteiger partial charge in [-0.05, 0) is 18.4 Å². The number of ketones is 1. The van der Waals surface area contributed by atoms with Crippen molar-refractivity contribution in [2.24, 2.45) is 0 Å². The molecular weight excluding hydrogens is 314 g/mol. The van der Waals surface area contributed by atoms with Crippen LogP contribution in [0.5, 0.6) is 0 Å². The summed E-state index contributed by atoms with van der Waals surface area (Å²) in [4.78, 5) is 16.0. The Bertz CT molecular complexity index is 946. The molecule has 1 aliphatic heterocycles. The number of carbonyl (C=O) groups is 1. The Hall–Kier alpha value is -2.52. The smallest absolute Gasteiger partial charge is 0.188 e. The zero-order valence-electron chi connectivity index (χ0n) is 13.4. The molecule has 0 saturated carbocycles. The van der Waals surface area contributed by atoms with Gasteiger partial charge in [0.1, 0.15) is 0 Å². The molecule has 0 saturated heterocycles. The molecule has 0 aliphatic carbocycles. The maximum Gasteiger partial charge on any atom is 0.188 e. The predicted octanol–water partition coefficient (Wildman–Crippen LogP) is 5.50. The highest BCUT2D eigenvalue weighted by Crippen LogP contribution is 2.49. The molecule has 0 spiro atoms. The van der Waals surface area contributed by atoms with E-state index in [4.69, 9.17) is 0 Å². The summed E-state index contributed by atoms with van der Waals surface area (Å²) in [7, 11) is 0. The van der Waals surface area contributed by atoms with Crippen LogP contribution in [0.15, 0.2) is 82.7 Å². The zero-order chi connectivity index (χ0) is 16.5. The minimum absolute atomic E-state index is 0.0497. The maximum atomic E-state index is 12.6. The normalized spacial score (nSPS) is 15.0. The van der Waals surface area contributed by atoms with Crippen LogP contribution in [-0.2, 0) is 0 Å². The Morgan fingerprint density at radius 1 is 1.00 bits per heavy atom. The summed E-state index contributed by atoms with van der Waals surface area (Å²) in [5.74, 6) is 0.0497. The van der Waals surface area contributed by atoms with Gasteiger partial charge in [-0.1, -0.05) is 72.4 Å². The van der Waals surface area contributed by atoms with Gasteiger partial charge in [0.25, 0.3) is 0 Å². The molecule has 1 heterocycles. The highest BCUT2D eigenvalue weighted by atomic mass is 32.2. The lowest BCUT2D eigenvalue weighted by atomic mass is 10.1. The van der Waals surface area contributed by atoms with Gasteiger partial charge >= 0.3 is 0 Å². The van der Waals surface area contributed by atoms with Crippen LogP contribution in [0.1, 0.15) is 17.3 Å². The molecule has 0 unspecified atom stereocenters. The van der Waals surface area contributed by atoms with Crippen LogP contribution in [0.4, 0.5) is 5.69 Å². The monoisotopic (exact) mass is 331 g/mol.